The van der Waals surface area contributed by atoms with Crippen LogP contribution in [0.5, 0.6) is 5.75 Å². The fourth-order valence-corrected chi connectivity index (χ4v) is 3.17. The first-order valence-corrected chi connectivity index (χ1v) is 8.72. The van der Waals surface area contributed by atoms with E-state index in [1.165, 1.54) is 0 Å². The Morgan fingerprint density at radius 2 is 1.77 bits per heavy atom. The fourth-order valence-electron chi connectivity index (χ4n) is 2.91. The molecule has 0 aliphatic carbocycles. The first-order chi connectivity index (χ1) is 12.5. The highest BCUT2D eigenvalue weighted by Crippen LogP contribution is 2.26. The van der Waals surface area contributed by atoms with E-state index in [0.717, 1.165) is 5.69 Å². The van der Waals surface area contributed by atoms with E-state index in [9.17, 15) is 9.59 Å². The number of nitrogens with zero attached hydrogens (tertiary/aromatic N) is 2. The zero-order chi connectivity index (χ0) is 18.5. The molecule has 1 saturated heterocycles. The zero-order valence-corrected chi connectivity index (χ0v) is 15.0. The Bertz CT molecular complexity index is 804. The lowest BCUT2D eigenvalue weighted by atomic mass is 10.1. The number of halogens is 1. The molecule has 0 saturated carbocycles. The average molecular weight is 374 g/mol. The number of carbonyl (C=O) groups excluding carboxylic acids is 2. The van der Waals surface area contributed by atoms with Crippen molar-refractivity contribution in [2.24, 2.45) is 5.73 Å². The van der Waals surface area contributed by atoms with Crippen molar-refractivity contribution in [1.29, 1.82) is 0 Å². The van der Waals surface area contributed by atoms with Crippen molar-refractivity contribution in [3.05, 3.63) is 59.1 Å². The molecule has 2 N–H and O–H groups in total. The molecule has 2 amide bonds. The smallest absolute Gasteiger partial charge is 0.255 e. The molecule has 0 radical (unpaired) electrons. The van der Waals surface area contributed by atoms with Gasteiger partial charge in [0.05, 0.1) is 10.7 Å². The second kappa shape index (κ2) is 8.10. The lowest BCUT2D eigenvalue weighted by Gasteiger charge is -2.36. The quantitative estimate of drug-likeness (QED) is 0.871. The number of rotatable bonds is 5. The van der Waals surface area contributed by atoms with Gasteiger partial charge in [0, 0.05) is 31.7 Å². The maximum atomic E-state index is 12.7. The van der Waals surface area contributed by atoms with Gasteiger partial charge in [-0.05, 0) is 30.3 Å². The molecule has 2 aromatic rings. The van der Waals surface area contributed by atoms with Crippen molar-refractivity contribution in [3.8, 4) is 5.75 Å². The summed E-state index contributed by atoms with van der Waals surface area (Å²) < 4.78 is 5.27. The summed E-state index contributed by atoms with van der Waals surface area (Å²) in [4.78, 5) is 27.5. The molecule has 1 heterocycles. The highest BCUT2D eigenvalue weighted by atomic mass is 35.5. The normalized spacial score (nSPS) is 14.2. The van der Waals surface area contributed by atoms with Crippen LogP contribution in [0.3, 0.4) is 0 Å². The SMILES string of the molecule is NC(=O)COc1cccc(C(=O)N2CCN(c3ccccc3Cl)CC2)c1. The summed E-state index contributed by atoms with van der Waals surface area (Å²) in [6, 6.07) is 14.5. The second-order valence-corrected chi connectivity index (χ2v) is 6.42. The third-order valence-electron chi connectivity index (χ3n) is 4.22. The summed E-state index contributed by atoms with van der Waals surface area (Å²) in [7, 11) is 0. The average Bonchev–Trinajstić information content (AvgIpc) is 2.66. The Balaban J connectivity index is 1.62. The maximum absolute atomic E-state index is 12.7. The lowest BCUT2D eigenvalue weighted by molar-refractivity contribution is -0.119. The molecular weight excluding hydrogens is 354 g/mol. The van der Waals surface area contributed by atoms with Crippen LogP contribution < -0.4 is 15.4 Å². The first-order valence-electron chi connectivity index (χ1n) is 8.34. The molecule has 0 spiro atoms. The van der Waals surface area contributed by atoms with Crippen molar-refractivity contribution in [2.45, 2.75) is 0 Å². The standard InChI is InChI=1S/C19H20ClN3O3/c20-16-6-1-2-7-17(16)22-8-10-23(11-9-22)19(25)14-4-3-5-15(12-14)26-13-18(21)24/h1-7,12H,8-11,13H2,(H2,21,24). The number of ether oxygens (including phenoxy) is 1. The highest BCUT2D eigenvalue weighted by Gasteiger charge is 2.23. The van der Waals surface area contributed by atoms with Gasteiger partial charge in [-0.2, -0.15) is 0 Å². The first kappa shape index (κ1) is 18.1. The topological polar surface area (TPSA) is 75.9 Å². The molecule has 0 bridgehead atoms. The predicted octanol–water partition coefficient (Wildman–Crippen LogP) is 2.17. The summed E-state index contributed by atoms with van der Waals surface area (Å²) in [5.74, 6) is -0.171. The summed E-state index contributed by atoms with van der Waals surface area (Å²) in [6.45, 7) is 2.43. The van der Waals surface area contributed by atoms with Crippen LogP contribution in [0.15, 0.2) is 48.5 Å². The van der Waals surface area contributed by atoms with Gasteiger partial charge < -0.3 is 20.3 Å². The van der Waals surface area contributed by atoms with Crippen molar-refractivity contribution in [2.75, 3.05) is 37.7 Å². The summed E-state index contributed by atoms with van der Waals surface area (Å²) >= 11 is 6.25. The summed E-state index contributed by atoms with van der Waals surface area (Å²) in [5.41, 5.74) is 6.59. The largest absolute Gasteiger partial charge is 0.484 e. The number of piperazine rings is 1. The highest BCUT2D eigenvalue weighted by molar-refractivity contribution is 6.33. The van der Waals surface area contributed by atoms with Gasteiger partial charge in [0.1, 0.15) is 5.75 Å². The van der Waals surface area contributed by atoms with Crippen LogP contribution in [0, 0.1) is 0 Å². The second-order valence-electron chi connectivity index (χ2n) is 6.01. The van der Waals surface area contributed by atoms with Gasteiger partial charge >= 0.3 is 0 Å². The van der Waals surface area contributed by atoms with Crippen molar-refractivity contribution in [1.82, 2.24) is 4.90 Å². The Kier molecular flexibility index (Phi) is 5.63. The number of anilines is 1. The Labute approximate surface area is 157 Å². The molecule has 0 aromatic heterocycles. The number of hydrogen-bond acceptors (Lipinski definition) is 4. The summed E-state index contributed by atoms with van der Waals surface area (Å²) in [5, 5.41) is 0.714. The van der Waals surface area contributed by atoms with Crippen LogP contribution in [0.4, 0.5) is 5.69 Å². The van der Waals surface area contributed by atoms with Crippen LogP contribution in [-0.4, -0.2) is 49.5 Å². The zero-order valence-electron chi connectivity index (χ0n) is 14.2. The van der Waals surface area contributed by atoms with Gasteiger partial charge in [-0.25, -0.2) is 0 Å². The molecule has 26 heavy (non-hydrogen) atoms. The van der Waals surface area contributed by atoms with Crippen LogP contribution in [0.25, 0.3) is 0 Å². The van der Waals surface area contributed by atoms with Crippen LogP contribution in [0.2, 0.25) is 5.02 Å². The van der Waals surface area contributed by atoms with E-state index in [0.29, 0.717) is 42.5 Å². The Hall–Kier alpha value is -2.73. The molecule has 2 aromatic carbocycles. The molecular formula is C19H20ClN3O3. The lowest BCUT2D eigenvalue weighted by Crippen LogP contribution is -2.48. The van der Waals surface area contributed by atoms with E-state index in [1.54, 1.807) is 29.2 Å². The molecule has 1 aliphatic heterocycles. The van der Waals surface area contributed by atoms with E-state index >= 15 is 0 Å². The number of benzene rings is 2. The van der Waals surface area contributed by atoms with Crippen molar-refractivity contribution >= 4 is 29.1 Å². The number of amides is 2. The van der Waals surface area contributed by atoms with E-state index in [4.69, 9.17) is 22.1 Å². The number of nitrogens with two attached hydrogens (primary N) is 1. The molecule has 1 aliphatic rings. The monoisotopic (exact) mass is 373 g/mol. The van der Waals surface area contributed by atoms with Crippen molar-refractivity contribution < 1.29 is 14.3 Å². The number of hydrogen-bond donors (Lipinski definition) is 1. The van der Waals surface area contributed by atoms with Gasteiger partial charge in [-0.1, -0.05) is 29.8 Å². The van der Waals surface area contributed by atoms with Gasteiger partial charge in [0.25, 0.3) is 11.8 Å². The minimum atomic E-state index is -0.558. The summed E-state index contributed by atoms with van der Waals surface area (Å²) in [6.07, 6.45) is 0. The third-order valence-corrected chi connectivity index (χ3v) is 4.54. The molecule has 6 nitrogen and oxygen atoms in total. The van der Waals surface area contributed by atoms with Gasteiger partial charge in [-0.15, -0.1) is 0 Å². The minimum absolute atomic E-state index is 0.0617. The fraction of sp³-hybridized carbons (Fsp3) is 0.263. The van der Waals surface area contributed by atoms with Gasteiger partial charge in [0.15, 0.2) is 6.61 Å². The molecule has 0 unspecified atom stereocenters. The minimum Gasteiger partial charge on any atom is -0.484 e. The molecule has 136 valence electrons. The van der Waals surface area contributed by atoms with Gasteiger partial charge in [-0.3, -0.25) is 9.59 Å². The Morgan fingerprint density at radius 1 is 1.04 bits per heavy atom. The number of para-hydroxylation sites is 1. The van der Waals surface area contributed by atoms with Gasteiger partial charge in [0.2, 0.25) is 0 Å². The van der Waals surface area contributed by atoms with Crippen LogP contribution in [-0.2, 0) is 4.79 Å². The number of primary amides is 1. The molecule has 0 atom stereocenters. The van der Waals surface area contributed by atoms with Crippen LogP contribution >= 0.6 is 11.6 Å². The maximum Gasteiger partial charge on any atom is 0.255 e. The third kappa shape index (κ3) is 4.26. The van der Waals surface area contributed by atoms with Crippen LogP contribution in [0.1, 0.15) is 10.4 Å². The van der Waals surface area contributed by atoms with E-state index in [2.05, 4.69) is 4.90 Å². The van der Waals surface area contributed by atoms with E-state index in [-0.39, 0.29) is 12.5 Å². The molecule has 1 fully saturated rings. The van der Waals surface area contributed by atoms with E-state index < -0.39 is 5.91 Å². The molecule has 3 rings (SSSR count). The Morgan fingerprint density at radius 3 is 2.46 bits per heavy atom. The number of carbonyl (C=O) groups is 2. The van der Waals surface area contributed by atoms with E-state index in [1.807, 2.05) is 24.3 Å². The van der Waals surface area contributed by atoms with Crippen molar-refractivity contribution in [3.63, 3.8) is 0 Å². The molecule has 7 heteroatoms. The predicted molar refractivity (Wildman–Crippen MR) is 101 cm³/mol.